The van der Waals surface area contributed by atoms with Crippen LogP contribution >= 0.6 is 0 Å². The van der Waals surface area contributed by atoms with Gasteiger partial charge in [0.15, 0.2) is 0 Å². The minimum absolute atomic E-state index is 0.837. The van der Waals surface area contributed by atoms with E-state index in [1.54, 1.807) is 6.33 Å². The van der Waals surface area contributed by atoms with E-state index in [1.807, 2.05) is 12.4 Å². The molecule has 0 amide bonds. The van der Waals surface area contributed by atoms with Gasteiger partial charge in [0.2, 0.25) is 0 Å². The van der Waals surface area contributed by atoms with E-state index in [4.69, 9.17) is 0 Å². The second-order valence-electron chi connectivity index (χ2n) is 5.00. The summed E-state index contributed by atoms with van der Waals surface area (Å²) in [7, 11) is 2.16. The molecule has 0 atom stereocenters. The molecule has 0 aliphatic carbocycles. The van der Waals surface area contributed by atoms with Gasteiger partial charge in [-0.1, -0.05) is 30.3 Å². The molecule has 0 radical (unpaired) electrons. The fraction of sp³-hybridized carbons (Fsp3) is 0.375. The molecule has 0 fully saturated rings. The maximum atomic E-state index is 4.00. The van der Waals surface area contributed by atoms with Crippen molar-refractivity contribution in [3.05, 3.63) is 60.2 Å². The van der Waals surface area contributed by atoms with Gasteiger partial charge in [-0.15, -0.1) is 0 Å². The van der Waals surface area contributed by atoms with Crippen LogP contribution in [0.3, 0.4) is 0 Å². The fourth-order valence-electron chi connectivity index (χ4n) is 2.10. The van der Waals surface area contributed by atoms with Crippen LogP contribution in [0.4, 0.5) is 0 Å². The van der Waals surface area contributed by atoms with Gasteiger partial charge in [-0.2, -0.15) is 0 Å². The molecule has 0 bridgehead atoms. The molecule has 2 aromatic rings. The quantitative estimate of drug-likeness (QED) is 0.746. The van der Waals surface area contributed by atoms with Crippen molar-refractivity contribution < 1.29 is 0 Å². The zero-order valence-corrected chi connectivity index (χ0v) is 12.0. The summed E-state index contributed by atoms with van der Waals surface area (Å²) >= 11 is 0. The van der Waals surface area contributed by atoms with Crippen molar-refractivity contribution in [3.63, 3.8) is 0 Å². The zero-order valence-electron chi connectivity index (χ0n) is 12.0. The first kappa shape index (κ1) is 14.6. The van der Waals surface area contributed by atoms with Crippen LogP contribution in [-0.4, -0.2) is 35.0 Å². The van der Waals surface area contributed by atoms with Crippen LogP contribution in [0, 0.1) is 0 Å². The molecule has 4 nitrogen and oxygen atoms in total. The van der Waals surface area contributed by atoms with Crippen LogP contribution < -0.4 is 5.32 Å². The summed E-state index contributed by atoms with van der Waals surface area (Å²) in [6.07, 6.45) is 6.39. The van der Waals surface area contributed by atoms with E-state index in [0.29, 0.717) is 0 Å². The second kappa shape index (κ2) is 8.40. The van der Waals surface area contributed by atoms with E-state index >= 15 is 0 Å². The van der Waals surface area contributed by atoms with E-state index in [2.05, 4.69) is 57.6 Å². The summed E-state index contributed by atoms with van der Waals surface area (Å²) in [5, 5.41) is 3.41. The highest BCUT2D eigenvalue weighted by Gasteiger charge is 1.99. The summed E-state index contributed by atoms with van der Waals surface area (Å²) in [5.74, 6) is 0. The molecule has 0 spiro atoms. The van der Waals surface area contributed by atoms with Crippen LogP contribution in [0.25, 0.3) is 0 Å². The Hall–Kier alpha value is -1.78. The van der Waals surface area contributed by atoms with Gasteiger partial charge < -0.3 is 10.2 Å². The Balaban J connectivity index is 1.57. The number of aromatic nitrogens is 2. The summed E-state index contributed by atoms with van der Waals surface area (Å²) in [4.78, 5) is 10.3. The highest BCUT2D eigenvalue weighted by Crippen LogP contribution is 2.02. The third-order valence-electron chi connectivity index (χ3n) is 3.13. The van der Waals surface area contributed by atoms with E-state index in [-0.39, 0.29) is 0 Å². The molecule has 0 saturated heterocycles. The molecular formula is C16H22N4. The molecule has 1 aromatic carbocycles. The lowest BCUT2D eigenvalue weighted by molar-refractivity contribution is 0.319. The Bertz CT molecular complexity index is 472. The third kappa shape index (κ3) is 5.47. The lowest BCUT2D eigenvalue weighted by Crippen LogP contribution is -2.23. The van der Waals surface area contributed by atoms with Gasteiger partial charge in [0.05, 0.1) is 0 Å². The topological polar surface area (TPSA) is 41.0 Å². The van der Waals surface area contributed by atoms with Gasteiger partial charge in [-0.05, 0) is 32.1 Å². The Kier molecular flexibility index (Phi) is 6.14. The molecule has 20 heavy (non-hydrogen) atoms. The van der Waals surface area contributed by atoms with Crippen LogP contribution in [0.5, 0.6) is 0 Å². The van der Waals surface area contributed by atoms with Crippen molar-refractivity contribution in [1.82, 2.24) is 20.2 Å². The van der Waals surface area contributed by atoms with Gasteiger partial charge >= 0.3 is 0 Å². The van der Waals surface area contributed by atoms with Crippen molar-refractivity contribution in [3.8, 4) is 0 Å². The van der Waals surface area contributed by atoms with E-state index in [1.165, 1.54) is 5.56 Å². The third-order valence-corrected chi connectivity index (χ3v) is 3.13. The molecule has 1 heterocycles. The summed E-state index contributed by atoms with van der Waals surface area (Å²) in [6, 6.07) is 10.6. The summed E-state index contributed by atoms with van der Waals surface area (Å²) < 4.78 is 0. The molecule has 4 heteroatoms. The van der Waals surface area contributed by atoms with Crippen molar-refractivity contribution >= 4 is 0 Å². The molecule has 1 aromatic heterocycles. The summed E-state index contributed by atoms with van der Waals surface area (Å²) in [6.45, 7) is 3.94. The van der Waals surface area contributed by atoms with Crippen molar-refractivity contribution in [2.75, 3.05) is 20.1 Å². The number of hydrogen-bond donors (Lipinski definition) is 1. The minimum atomic E-state index is 0.837. The number of rotatable bonds is 8. The van der Waals surface area contributed by atoms with Crippen LogP contribution in [-0.2, 0) is 13.1 Å². The lowest BCUT2D eigenvalue weighted by atomic mass is 10.2. The highest BCUT2D eigenvalue weighted by molar-refractivity contribution is 5.14. The molecular weight excluding hydrogens is 248 g/mol. The molecule has 2 rings (SSSR count). The predicted octanol–water partition coefficient (Wildman–Crippen LogP) is 2.09. The Morgan fingerprint density at radius 3 is 2.55 bits per heavy atom. The largest absolute Gasteiger partial charge is 0.313 e. The van der Waals surface area contributed by atoms with E-state index in [9.17, 15) is 0 Å². The normalized spacial score (nSPS) is 10.9. The molecule has 0 saturated carbocycles. The number of benzene rings is 1. The Labute approximate surface area is 120 Å². The SMILES string of the molecule is CN(CCCNCc1cncnc1)Cc1ccccc1. The van der Waals surface area contributed by atoms with Gasteiger partial charge in [-0.25, -0.2) is 9.97 Å². The smallest absolute Gasteiger partial charge is 0.115 e. The van der Waals surface area contributed by atoms with Gasteiger partial charge in [0.25, 0.3) is 0 Å². The second-order valence-corrected chi connectivity index (χ2v) is 5.00. The van der Waals surface area contributed by atoms with E-state index < -0.39 is 0 Å². The lowest BCUT2D eigenvalue weighted by Gasteiger charge is -2.16. The standard InChI is InChI=1S/C16H22N4/c1-20(13-15-6-3-2-4-7-15)9-5-8-17-10-16-11-18-14-19-12-16/h2-4,6-7,11-12,14,17H,5,8-10,13H2,1H3. The van der Waals surface area contributed by atoms with Crippen LogP contribution in [0.1, 0.15) is 17.5 Å². The molecule has 0 unspecified atom stereocenters. The first-order valence-corrected chi connectivity index (χ1v) is 7.01. The average molecular weight is 270 g/mol. The average Bonchev–Trinajstić information content (AvgIpc) is 2.49. The van der Waals surface area contributed by atoms with E-state index in [0.717, 1.165) is 38.2 Å². The van der Waals surface area contributed by atoms with Crippen LogP contribution in [0.2, 0.25) is 0 Å². The highest BCUT2D eigenvalue weighted by atomic mass is 15.1. The van der Waals surface area contributed by atoms with Crippen molar-refractivity contribution in [1.29, 1.82) is 0 Å². The maximum absolute atomic E-state index is 4.00. The minimum Gasteiger partial charge on any atom is -0.313 e. The van der Waals surface area contributed by atoms with Gasteiger partial charge in [0.1, 0.15) is 6.33 Å². The summed E-state index contributed by atoms with van der Waals surface area (Å²) in [5.41, 5.74) is 2.49. The van der Waals surface area contributed by atoms with Crippen molar-refractivity contribution in [2.45, 2.75) is 19.5 Å². The van der Waals surface area contributed by atoms with Crippen molar-refractivity contribution in [2.24, 2.45) is 0 Å². The number of nitrogens with one attached hydrogen (secondary N) is 1. The maximum Gasteiger partial charge on any atom is 0.115 e. The first-order valence-electron chi connectivity index (χ1n) is 7.01. The molecule has 0 aliphatic heterocycles. The first-order chi connectivity index (χ1) is 9.84. The molecule has 1 N–H and O–H groups in total. The predicted molar refractivity (Wildman–Crippen MR) is 81.1 cm³/mol. The Morgan fingerprint density at radius 2 is 1.80 bits per heavy atom. The number of nitrogens with zero attached hydrogens (tertiary/aromatic N) is 3. The number of hydrogen-bond acceptors (Lipinski definition) is 4. The van der Waals surface area contributed by atoms with Gasteiger partial charge in [-0.3, -0.25) is 0 Å². The van der Waals surface area contributed by atoms with Crippen LogP contribution in [0.15, 0.2) is 49.1 Å². The Morgan fingerprint density at radius 1 is 1.05 bits per heavy atom. The molecule has 106 valence electrons. The zero-order chi connectivity index (χ0) is 14.0. The fourth-order valence-corrected chi connectivity index (χ4v) is 2.10. The monoisotopic (exact) mass is 270 g/mol. The van der Waals surface area contributed by atoms with Gasteiger partial charge in [0, 0.05) is 31.0 Å². The molecule has 0 aliphatic rings.